The number of benzene rings is 1. The summed E-state index contributed by atoms with van der Waals surface area (Å²) in [6.07, 6.45) is 1.16. The van der Waals surface area contributed by atoms with Crippen LogP contribution in [0.15, 0.2) is 12.1 Å². The van der Waals surface area contributed by atoms with E-state index in [2.05, 4.69) is 26.0 Å². The van der Waals surface area contributed by atoms with Gasteiger partial charge < -0.3 is 10.5 Å². The second-order valence-electron chi connectivity index (χ2n) is 3.72. The zero-order valence-electron chi connectivity index (χ0n) is 8.13. The van der Waals surface area contributed by atoms with E-state index in [4.69, 9.17) is 10.5 Å². The Bertz CT molecular complexity index is 302. The molecule has 2 nitrogen and oxygen atoms in total. The first-order chi connectivity index (χ1) is 6.20. The molecule has 0 saturated heterocycles. The van der Waals surface area contributed by atoms with Gasteiger partial charge in [0.1, 0.15) is 11.9 Å². The van der Waals surface area contributed by atoms with Crippen LogP contribution in [0.5, 0.6) is 5.75 Å². The van der Waals surface area contributed by atoms with Gasteiger partial charge in [0.2, 0.25) is 0 Å². The van der Waals surface area contributed by atoms with Crippen molar-refractivity contribution in [1.29, 1.82) is 0 Å². The van der Waals surface area contributed by atoms with Crippen molar-refractivity contribution in [1.82, 2.24) is 0 Å². The van der Waals surface area contributed by atoms with Crippen molar-refractivity contribution >= 4 is 0 Å². The maximum Gasteiger partial charge on any atom is 0.123 e. The summed E-state index contributed by atoms with van der Waals surface area (Å²) in [6.45, 7) is 4.84. The molecule has 1 aliphatic rings. The van der Waals surface area contributed by atoms with Gasteiger partial charge in [-0.1, -0.05) is 6.07 Å². The first-order valence-electron chi connectivity index (χ1n) is 4.67. The van der Waals surface area contributed by atoms with Gasteiger partial charge in [-0.3, -0.25) is 0 Å². The molecule has 0 aliphatic carbocycles. The summed E-state index contributed by atoms with van der Waals surface area (Å²) in [5.41, 5.74) is 9.49. The molecule has 0 bridgehead atoms. The molecule has 0 aromatic heterocycles. The molecule has 1 atom stereocenters. The van der Waals surface area contributed by atoms with Crippen molar-refractivity contribution in [3.63, 3.8) is 0 Å². The molecular weight excluding hydrogens is 162 g/mol. The lowest BCUT2D eigenvalue weighted by Gasteiger charge is -2.06. The highest BCUT2D eigenvalue weighted by Gasteiger charge is 2.21. The number of aryl methyl sites for hydroxylation is 2. The Morgan fingerprint density at radius 1 is 1.38 bits per heavy atom. The van der Waals surface area contributed by atoms with Gasteiger partial charge in [0.15, 0.2) is 0 Å². The normalized spacial score (nSPS) is 19.8. The standard InChI is InChI=1S/C11H15NO/c1-7-3-9-5-10(6-12)13-11(9)4-8(7)2/h3-4,10H,5-6,12H2,1-2H3. The minimum Gasteiger partial charge on any atom is -0.488 e. The molecule has 1 heterocycles. The third kappa shape index (κ3) is 1.42. The third-order valence-electron chi connectivity index (χ3n) is 2.68. The number of rotatable bonds is 1. The van der Waals surface area contributed by atoms with Crippen molar-refractivity contribution in [2.24, 2.45) is 5.73 Å². The molecular formula is C11H15NO. The Labute approximate surface area is 78.7 Å². The molecule has 1 aromatic rings. The first-order valence-corrected chi connectivity index (χ1v) is 4.67. The molecule has 0 spiro atoms. The fourth-order valence-corrected chi connectivity index (χ4v) is 1.72. The van der Waals surface area contributed by atoms with Gasteiger partial charge in [-0.05, 0) is 36.6 Å². The minimum absolute atomic E-state index is 0.191. The van der Waals surface area contributed by atoms with Gasteiger partial charge in [-0.25, -0.2) is 0 Å². The average Bonchev–Trinajstić information content (AvgIpc) is 2.48. The highest BCUT2D eigenvalue weighted by molar-refractivity contribution is 5.44. The van der Waals surface area contributed by atoms with Crippen LogP contribution in [-0.4, -0.2) is 12.6 Å². The van der Waals surface area contributed by atoms with E-state index >= 15 is 0 Å². The molecule has 1 unspecified atom stereocenters. The minimum atomic E-state index is 0.191. The van der Waals surface area contributed by atoms with Crippen LogP contribution in [0.25, 0.3) is 0 Å². The predicted octanol–water partition coefficient (Wildman–Crippen LogP) is 1.57. The molecule has 2 heteroatoms. The molecule has 1 aliphatic heterocycles. The lowest BCUT2D eigenvalue weighted by atomic mass is 10.0. The summed E-state index contributed by atoms with van der Waals surface area (Å²) in [5, 5.41) is 0. The molecule has 1 aromatic carbocycles. The van der Waals surface area contributed by atoms with Gasteiger partial charge in [0.05, 0.1) is 0 Å². The number of nitrogens with two attached hydrogens (primary N) is 1. The SMILES string of the molecule is Cc1cc2c(cc1C)OC(CN)C2. The zero-order chi connectivity index (χ0) is 9.42. The molecule has 0 amide bonds. The second kappa shape index (κ2) is 3.04. The van der Waals surface area contributed by atoms with Crippen LogP contribution in [-0.2, 0) is 6.42 Å². The van der Waals surface area contributed by atoms with Crippen molar-refractivity contribution in [2.45, 2.75) is 26.4 Å². The Morgan fingerprint density at radius 2 is 2.08 bits per heavy atom. The molecule has 0 radical (unpaired) electrons. The van der Waals surface area contributed by atoms with Crippen molar-refractivity contribution in [3.05, 3.63) is 28.8 Å². The van der Waals surface area contributed by atoms with E-state index in [-0.39, 0.29) is 6.10 Å². The van der Waals surface area contributed by atoms with Gasteiger partial charge in [0.25, 0.3) is 0 Å². The van der Waals surface area contributed by atoms with Crippen LogP contribution in [0.2, 0.25) is 0 Å². The number of fused-ring (bicyclic) bond motifs is 1. The molecule has 0 fully saturated rings. The van der Waals surface area contributed by atoms with Crippen molar-refractivity contribution < 1.29 is 4.74 Å². The largest absolute Gasteiger partial charge is 0.488 e. The van der Waals surface area contributed by atoms with Crippen LogP contribution in [0.4, 0.5) is 0 Å². The fourth-order valence-electron chi connectivity index (χ4n) is 1.72. The Morgan fingerprint density at radius 3 is 2.77 bits per heavy atom. The maximum absolute atomic E-state index is 5.67. The third-order valence-corrected chi connectivity index (χ3v) is 2.68. The maximum atomic E-state index is 5.67. The number of hydrogen-bond acceptors (Lipinski definition) is 2. The van der Waals surface area contributed by atoms with Gasteiger partial charge in [-0.15, -0.1) is 0 Å². The molecule has 2 N–H and O–H groups in total. The average molecular weight is 177 g/mol. The lowest BCUT2D eigenvalue weighted by Crippen LogP contribution is -2.24. The van der Waals surface area contributed by atoms with Crippen molar-refractivity contribution in [3.8, 4) is 5.75 Å². The van der Waals surface area contributed by atoms with E-state index in [1.54, 1.807) is 0 Å². The van der Waals surface area contributed by atoms with Crippen LogP contribution in [0.1, 0.15) is 16.7 Å². The van der Waals surface area contributed by atoms with Crippen LogP contribution in [0.3, 0.4) is 0 Å². The smallest absolute Gasteiger partial charge is 0.123 e. The van der Waals surface area contributed by atoms with Gasteiger partial charge in [-0.2, -0.15) is 0 Å². The van der Waals surface area contributed by atoms with Gasteiger partial charge in [0, 0.05) is 13.0 Å². The van der Waals surface area contributed by atoms with Gasteiger partial charge >= 0.3 is 0 Å². The highest BCUT2D eigenvalue weighted by Crippen LogP contribution is 2.30. The Balaban J connectivity index is 2.36. The monoisotopic (exact) mass is 177 g/mol. The Kier molecular flexibility index (Phi) is 2.00. The van der Waals surface area contributed by atoms with Crippen LogP contribution >= 0.6 is 0 Å². The first kappa shape index (κ1) is 8.57. The summed E-state index contributed by atoms with van der Waals surface area (Å²) < 4.78 is 5.67. The topological polar surface area (TPSA) is 35.2 Å². The summed E-state index contributed by atoms with van der Waals surface area (Å²) in [6, 6.07) is 4.32. The van der Waals surface area contributed by atoms with Crippen molar-refractivity contribution in [2.75, 3.05) is 6.54 Å². The quantitative estimate of drug-likeness (QED) is 0.706. The van der Waals surface area contributed by atoms with E-state index in [0.717, 1.165) is 12.2 Å². The molecule has 0 saturated carbocycles. The summed E-state index contributed by atoms with van der Waals surface area (Å²) in [7, 11) is 0. The van der Waals surface area contributed by atoms with E-state index in [1.807, 2.05) is 0 Å². The van der Waals surface area contributed by atoms with E-state index in [1.165, 1.54) is 16.7 Å². The number of hydrogen-bond donors (Lipinski definition) is 1. The van der Waals surface area contributed by atoms with Crippen LogP contribution in [0, 0.1) is 13.8 Å². The summed E-state index contributed by atoms with van der Waals surface area (Å²) >= 11 is 0. The van der Waals surface area contributed by atoms with E-state index in [9.17, 15) is 0 Å². The number of ether oxygens (including phenoxy) is 1. The molecule has 13 heavy (non-hydrogen) atoms. The van der Waals surface area contributed by atoms with Crippen LogP contribution < -0.4 is 10.5 Å². The molecule has 2 rings (SSSR count). The zero-order valence-corrected chi connectivity index (χ0v) is 8.13. The fraction of sp³-hybridized carbons (Fsp3) is 0.455. The lowest BCUT2D eigenvalue weighted by molar-refractivity contribution is 0.241. The summed E-state index contributed by atoms with van der Waals surface area (Å²) in [5.74, 6) is 1.03. The van der Waals surface area contributed by atoms with E-state index in [0.29, 0.717) is 6.54 Å². The summed E-state index contributed by atoms with van der Waals surface area (Å²) in [4.78, 5) is 0. The highest BCUT2D eigenvalue weighted by atomic mass is 16.5. The predicted molar refractivity (Wildman–Crippen MR) is 53.1 cm³/mol. The van der Waals surface area contributed by atoms with E-state index < -0.39 is 0 Å². The second-order valence-corrected chi connectivity index (χ2v) is 3.72. The molecule has 70 valence electrons. The Hall–Kier alpha value is -1.02.